The van der Waals surface area contributed by atoms with Crippen molar-refractivity contribution in [2.24, 2.45) is 5.92 Å². The molecule has 1 N–H and O–H groups in total. The molecule has 2 nitrogen and oxygen atoms in total. The van der Waals surface area contributed by atoms with Crippen molar-refractivity contribution >= 4 is 28.3 Å². The Morgan fingerprint density at radius 1 is 1.14 bits per heavy atom. The fourth-order valence-corrected chi connectivity index (χ4v) is 4.36. The first-order chi connectivity index (χ1) is 10.1. The lowest BCUT2D eigenvalue weighted by Gasteiger charge is -2.51. The van der Waals surface area contributed by atoms with Crippen LogP contribution in [0.4, 0.5) is 5.69 Å². The average Bonchev–Trinajstić information content (AvgIpc) is 2.48. The molecular weight excluding hydrogens is 371 g/mol. The average molecular weight is 398 g/mol. The summed E-state index contributed by atoms with van der Waals surface area (Å²) in [5.41, 5.74) is 1.77. The zero-order valence-electron chi connectivity index (χ0n) is 13.2. The second-order valence-electron chi connectivity index (χ2n) is 7.14. The molecule has 2 aliphatic rings. The van der Waals surface area contributed by atoms with Gasteiger partial charge >= 0.3 is 0 Å². The van der Waals surface area contributed by atoms with E-state index in [-0.39, 0.29) is 0 Å². The van der Waals surface area contributed by atoms with E-state index in [0.29, 0.717) is 17.5 Å². The van der Waals surface area contributed by atoms with Gasteiger partial charge in [0.05, 0.1) is 0 Å². The Labute approximate surface area is 142 Å². The highest BCUT2D eigenvalue weighted by molar-refractivity contribution is 14.1. The molecule has 1 heterocycles. The minimum absolute atomic E-state index is 0.368. The lowest BCUT2D eigenvalue weighted by atomic mass is 9.78. The topological polar surface area (TPSA) is 15.3 Å². The number of hydrogen-bond acceptors (Lipinski definition) is 2. The maximum atomic E-state index is 3.93. The molecule has 0 amide bonds. The number of hydrogen-bond donors (Lipinski definition) is 1. The number of rotatable bonds is 2. The molecule has 1 saturated heterocycles. The molecule has 0 aromatic heterocycles. The molecule has 2 fully saturated rings. The molecular formula is C18H27IN2. The van der Waals surface area contributed by atoms with Gasteiger partial charge in [-0.2, -0.15) is 0 Å². The van der Waals surface area contributed by atoms with Crippen molar-refractivity contribution in [3.05, 3.63) is 27.8 Å². The third kappa shape index (κ3) is 3.39. The quantitative estimate of drug-likeness (QED) is 0.742. The number of nitrogens with one attached hydrogen (secondary N) is 1. The van der Waals surface area contributed by atoms with E-state index in [2.05, 4.69) is 70.9 Å². The molecule has 0 radical (unpaired) electrons. The third-order valence-electron chi connectivity index (χ3n) is 5.30. The Balaban J connectivity index is 1.85. The molecule has 3 rings (SSSR count). The Morgan fingerprint density at radius 2 is 1.81 bits per heavy atom. The molecule has 1 atom stereocenters. The van der Waals surface area contributed by atoms with E-state index in [1.165, 1.54) is 47.9 Å². The van der Waals surface area contributed by atoms with Crippen LogP contribution >= 0.6 is 22.6 Å². The van der Waals surface area contributed by atoms with E-state index in [9.17, 15) is 0 Å². The third-order valence-corrected chi connectivity index (χ3v) is 6.02. The summed E-state index contributed by atoms with van der Waals surface area (Å²) >= 11 is 2.39. The highest BCUT2D eigenvalue weighted by atomic mass is 127. The summed E-state index contributed by atoms with van der Waals surface area (Å²) in [6, 6.07) is 9.70. The second kappa shape index (κ2) is 6.45. The SMILES string of the molecule is CC(C)C1CNC2(CCCCC2)CN1c1ccc(I)cc1. The Morgan fingerprint density at radius 3 is 2.43 bits per heavy atom. The second-order valence-corrected chi connectivity index (χ2v) is 8.38. The molecule has 21 heavy (non-hydrogen) atoms. The van der Waals surface area contributed by atoms with Crippen LogP contribution in [0.15, 0.2) is 24.3 Å². The Bertz CT molecular complexity index is 463. The molecule has 3 heteroatoms. The number of nitrogens with zero attached hydrogens (tertiary/aromatic N) is 1. The first kappa shape index (κ1) is 15.6. The van der Waals surface area contributed by atoms with Gasteiger partial charge in [-0.3, -0.25) is 0 Å². The van der Waals surface area contributed by atoms with Gasteiger partial charge in [-0.25, -0.2) is 0 Å². The van der Waals surface area contributed by atoms with E-state index in [1.54, 1.807) is 0 Å². The predicted octanol–water partition coefficient (Wildman–Crippen LogP) is 4.43. The van der Waals surface area contributed by atoms with Gasteiger partial charge in [0.25, 0.3) is 0 Å². The van der Waals surface area contributed by atoms with Crippen LogP contribution in [0.5, 0.6) is 0 Å². The van der Waals surface area contributed by atoms with Crippen LogP contribution in [0.1, 0.15) is 46.0 Å². The Kier molecular flexibility index (Phi) is 4.79. The van der Waals surface area contributed by atoms with Gasteiger partial charge in [0, 0.05) is 33.9 Å². The molecule has 1 spiro atoms. The lowest BCUT2D eigenvalue weighted by molar-refractivity contribution is 0.184. The van der Waals surface area contributed by atoms with Gasteiger partial charge in [0.2, 0.25) is 0 Å². The largest absolute Gasteiger partial charge is 0.365 e. The molecule has 1 aromatic carbocycles. The monoisotopic (exact) mass is 398 g/mol. The van der Waals surface area contributed by atoms with Crippen molar-refractivity contribution in [1.29, 1.82) is 0 Å². The van der Waals surface area contributed by atoms with Crippen molar-refractivity contribution < 1.29 is 0 Å². The van der Waals surface area contributed by atoms with E-state index >= 15 is 0 Å². The van der Waals surface area contributed by atoms with Crippen LogP contribution in [0.2, 0.25) is 0 Å². The van der Waals surface area contributed by atoms with Gasteiger partial charge in [0.15, 0.2) is 0 Å². The van der Waals surface area contributed by atoms with Crippen molar-refractivity contribution in [3.8, 4) is 0 Å². The maximum Gasteiger partial charge on any atom is 0.0438 e. The Hall–Kier alpha value is -0.290. The van der Waals surface area contributed by atoms with Crippen molar-refractivity contribution in [2.75, 3.05) is 18.0 Å². The minimum Gasteiger partial charge on any atom is -0.365 e. The predicted molar refractivity (Wildman–Crippen MR) is 98.9 cm³/mol. The van der Waals surface area contributed by atoms with Crippen molar-refractivity contribution in [1.82, 2.24) is 5.32 Å². The maximum absolute atomic E-state index is 3.93. The zero-order chi connectivity index (χ0) is 14.9. The summed E-state index contributed by atoms with van der Waals surface area (Å²) in [5.74, 6) is 0.678. The number of piperazine rings is 1. The summed E-state index contributed by atoms with van der Waals surface area (Å²) in [4.78, 5) is 2.68. The van der Waals surface area contributed by atoms with Crippen LogP contribution < -0.4 is 10.2 Å². The van der Waals surface area contributed by atoms with E-state index in [0.717, 1.165) is 6.54 Å². The van der Waals surface area contributed by atoms with Crippen LogP contribution in [0.3, 0.4) is 0 Å². The molecule has 116 valence electrons. The molecule has 1 saturated carbocycles. The van der Waals surface area contributed by atoms with Gasteiger partial charge in [-0.1, -0.05) is 33.1 Å². The zero-order valence-corrected chi connectivity index (χ0v) is 15.4. The molecule has 1 unspecified atom stereocenters. The van der Waals surface area contributed by atoms with Crippen molar-refractivity contribution in [2.45, 2.75) is 57.5 Å². The van der Waals surface area contributed by atoms with Gasteiger partial charge in [-0.05, 0) is 65.6 Å². The number of halogens is 1. The summed E-state index contributed by atoms with van der Waals surface area (Å²) in [5, 5.41) is 3.93. The summed E-state index contributed by atoms with van der Waals surface area (Å²) in [6.45, 7) is 7.01. The molecule has 0 bridgehead atoms. The minimum atomic E-state index is 0.368. The number of benzene rings is 1. The van der Waals surface area contributed by atoms with Crippen LogP contribution in [-0.4, -0.2) is 24.7 Å². The van der Waals surface area contributed by atoms with Crippen LogP contribution in [0, 0.1) is 9.49 Å². The van der Waals surface area contributed by atoms with E-state index < -0.39 is 0 Å². The van der Waals surface area contributed by atoms with E-state index in [4.69, 9.17) is 0 Å². The van der Waals surface area contributed by atoms with Gasteiger partial charge in [-0.15, -0.1) is 0 Å². The van der Waals surface area contributed by atoms with Crippen LogP contribution in [-0.2, 0) is 0 Å². The van der Waals surface area contributed by atoms with Gasteiger partial charge in [0.1, 0.15) is 0 Å². The lowest BCUT2D eigenvalue weighted by Crippen LogP contribution is -2.66. The highest BCUT2D eigenvalue weighted by Gasteiger charge is 2.40. The highest BCUT2D eigenvalue weighted by Crippen LogP contribution is 2.35. The fourth-order valence-electron chi connectivity index (χ4n) is 4.00. The first-order valence-corrected chi connectivity index (χ1v) is 9.45. The standard InChI is InChI=1S/C18H27IN2/c1-14(2)17-12-20-18(10-4-3-5-11-18)13-21(17)16-8-6-15(19)7-9-16/h6-9,14,17,20H,3-5,10-13H2,1-2H3. The van der Waals surface area contributed by atoms with Gasteiger partial charge < -0.3 is 10.2 Å². The smallest absolute Gasteiger partial charge is 0.0438 e. The first-order valence-electron chi connectivity index (χ1n) is 8.37. The molecule has 1 aromatic rings. The summed E-state index contributed by atoms with van der Waals surface area (Å²) < 4.78 is 1.32. The summed E-state index contributed by atoms with van der Waals surface area (Å²) in [7, 11) is 0. The molecule has 1 aliphatic carbocycles. The molecule has 1 aliphatic heterocycles. The van der Waals surface area contributed by atoms with Crippen LogP contribution in [0.25, 0.3) is 0 Å². The van der Waals surface area contributed by atoms with Crippen molar-refractivity contribution in [3.63, 3.8) is 0 Å². The summed E-state index contributed by atoms with van der Waals surface area (Å²) in [6.07, 6.45) is 6.89. The fraction of sp³-hybridized carbons (Fsp3) is 0.667. The van der Waals surface area contributed by atoms with E-state index in [1.807, 2.05) is 0 Å². The number of anilines is 1. The normalized spacial score (nSPS) is 25.5.